The van der Waals surface area contributed by atoms with Crippen LogP contribution in [0.5, 0.6) is 0 Å². The number of morpholine rings is 1. The Morgan fingerprint density at radius 2 is 2.15 bits per heavy atom. The van der Waals surface area contributed by atoms with Crippen LogP contribution < -0.4 is 5.32 Å². The van der Waals surface area contributed by atoms with E-state index in [1.54, 1.807) is 0 Å². The molecule has 1 atom stereocenters. The Morgan fingerprint density at radius 3 is 2.85 bits per heavy atom. The molecule has 1 saturated heterocycles. The fourth-order valence-corrected chi connectivity index (χ4v) is 3.25. The minimum atomic E-state index is 0. The molecular weight excluding hydrogens is 453 g/mol. The van der Waals surface area contributed by atoms with E-state index in [4.69, 9.17) is 9.73 Å². The van der Waals surface area contributed by atoms with E-state index in [0.717, 1.165) is 32.1 Å². The third-order valence-corrected chi connectivity index (χ3v) is 4.59. The minimum Gasteiger partial charge on any atom is -0.370 e. The maximum absolute atomic E-state index is 6.04. The molecule has 6 nitrogen and oxygen atoms in total. The number of hydrogen-bond acceptors (Lipinski definition) is 3. The summed E-state index contributed by atoms with van der Waals surface area (Å²) >= 11 is 0. The van der Waals surface area contributed by atoms with E-state index in [1.807, 2.05) is 17.1 Å². The van der Waals surface area contributed by atoms with Gasteiger partial charge >= 0.3 is 0 Å². The Kier molecular flexibility index (Phi) is 8.56. The molecule has 1 N–H and O–H groups in total. The van der Waals surface area contributed by atoms with Gasteiger partial charge in [-0.05, 0) is 37.5 Å². The molecule has 0 bridgehead atoms. The third kappa shape index (κ3) is 5.93. The van der Waals surface area contributed by atoms with Crippen LogP contribution in [0.25, 0.3) is 0 Å². The molecule has 0 amide bonds. The Labute approximate surface area is 179 Å². The lowest BCUT2D eigenvalue weighted by molar-refractivity contribution is -0.00833. The van der Waals surface area contributed by atoms with Gasteiger partial charge in [-0.3, -0.25) is 9.67 Å². The third-order valence-electron chi connectivity index (χ3n) is 4.59. The molecule has 1 aromatic carbocycles. The fraction of sp³-hybridized carbons (Fsp3) is 0.500. The summed E-state index contributed by atoms with van der Waals surface area (Å²) in [5, 5.41) is 7.75. The summed E-state index contributed by atoms with van der Waals surface area (Å²) in [5.74, 6) is 0.957. The first-order valence-electron chi connectivity index (χ1n) is 9.37. The number of rotatable bonds is 5. The standard InChI is InChI=1S/C20H29N5O.HI/c1-4-21-20(22-9-10-25-14-16(2)13-23-25)24-11-12-26-19(15-24)18-8-6-5-7-17(18)3;/h5-8,13-14,19H,4,9-12,15H2,1-3H3,(H,21,22);1H. The minimum absolute atomic E-state index is 0. The van der Waals surface area contributed by atoms with Crippen LogP contribution in [-0.4, -0.2) is 53.4 Å². The highest BCUT2D eigenvalue weighted by molar-refractivity contribution is 14.0. The highest BCUT2D eigenvalue weighted by Gasteiger charge is 2.25. The van der Waals surface area contributed by atoms with Crippen molar-refractivity contribution < 1.29 is 4.74 Å². The van der Waals surface area contributed by atoms with Gasteiger partial charge in [-0.25, -0.2) is 0 Å². The summed E-state index contributed by atoms with van der Waals surface area (Å²) in [6.07, 6.45) is 4.01. The molecule has 1 fully saturated rings. The molecule has 7 heteroatoms. The summed E-state index contributed by atoms with van der Waals surface area (Å²) in [7, 11) is 0. The fourth-order valence-electron chi connectivity index (χ4n) is 3.25. The van der Waals surface area contributed by atoms with Crippen LogP contribution in [0.3, 0.4) is 0 Å². The molecule has 2 heterocycles. The number of hydrogen-bond donors (Lipinski definition) is 1. The van der Waals surface area contributed by atoms with Crippen LogP contribution in [0, 0.1) is 13.8 Å². The number of guanidine groups is 1. The van der Waals surface area contributed by atoms with Crippen LogP contribution in [0.1, 0.15) is 29.7 Å². The van der Waals surface area contributed by atoms with Crippen molar-refractivity contribution in [2.24, 2.45) is 4.99 Å². The largest absolute Gasteiger partial charge is 0.370 e. The van der Waals surface area contributed by atoms with Crippen molar-refractivity contribution in [2.75, 3.05) is 32.8 Å². The SMILES string of the molecule is CCNC(=NCCn1cc(C)cn1)N1CCOC(c2ccccc2C)C1.I. The molecule has 0 aliphatic carbocycles. The van der Waals surface area contributed by atoms with E-state index < -0.39 is 0 Å². The summed E-state index contributed by atoms with van der Waals surface area (Å²) in [4.78, 5) is 7.11. The topological polar surface area (TPSA) is 54.7 Å². The number of aromatic nitrogens is 2. The number of nitrogens with zero attached hydrogens (tertiary/aromatic N) is 4. The van der Waals surface area contributed by atoms with Crippen LogP contribution >= 0.6 is 24.0 Å². The predicted molar refractivity (Wildman–Crippen MR) is 120 cm³/mol. The van der Waals surface area contributed by atoms with Gasteiger partial charge in [-0.15, -0.1) is 24.0 Å². The smallest absolute Gasteiger partial charge is 0.194 e. The quantitative estimate of drug-likeness (QED) is 0.404. The lowest BCUT2D eigenvalue weighted by Gasteiger charge is -2.35. The van der Waals surface area contributed by atoms with Crippen molar-refractivity contribution in [1.82, 2.24) is 20.0 Å². The molecule has 0 radical (unpaired) electrons. The second kappa shape index (κ2) is 10.7. The van der Waals surface area contributed by atoms with Crippen molar-refractivity contribution in [2.45, 2.75) is 33.4 Å². The number of halogens is 1. The van der Waals surface area contributed by atoms with Crippen molar-refractivity contribution in [3.8, 4) is 0 Å². The molecule has 148 valence electrons. The molecule has 27 heavy (non-hydrogen) atoms. The Morgan fingerprint density at radius 1 is 1.33 bits per heavy atom. The van der Waals surface area contributed by atoms with Gasteiger partial charge < -0.3 is 15.0 Å². The van der Waals surface area contributed by atoms with Gasteiger partial charge in [-0.2, -0.15) is 5.10 Å². The van der Waals surface area contributed by atoms with Crippen LogP contribution in [0.15, 0.2) is 41.7 Å². The average Bonchev–Trinajstić information content (AvgIpc) is 3.07. The lowest BCUT2D eigenvalue weighted by atomic mass is 10.0. The lowest BCUT2D eigenvalue weighted by Crippen LogP contribution is -2.48. The zero-order valence-electron chi connectivity index (χ0n) is 16.4. The van der Waals surface area contributed by atoms with E-state index >= 15 is 0 Å². The molecule has 3 rings (SSSR count). The Hall–Kier alpha value is -1.61. The van der Waals surface area contributed by atoms with Gasteiger partial charge in [0.1, 0.15) is 6.10 Å². The summed E-state index contributed by atoms with van der Waals surface area (Å²) in [6, 6.07) is 8.45. The summed E-state index contributed by atoms with van der Waals surface area (Å²) in [6.45, 7) is 11.0. The van der Waals surface area contributed by atoms with Gasteiger partial charge in [0, 0.05) is 19.3 Å². The van der Waals surface area contributed by atoms with Crippen molar-refractivity contribution in [1.29, 1.82) is 0 Å². The number of aryl methyl sites for hydroxylation is 2. The first kappa shape index (κ1) is 21.7. The van der Waals surface area contributed by atoms with E-state index in [2.05, 4.69) is 60.4 Å². The summed E-state index contributed by atoms with van der Waals surface area (Å²) < 4.78 is 7.98. The molecule has 0 saturated carbocycles. The highest BCUT2D eigenvalue weighted by atomic mass is 127. The Balaban J connectivity index is 0.00000261. The van der Waals surface area contributed by atoms with Crippen molar-refractivity contribution in [3.05, 3.63) is 53.3 Å². The monoisotopic (exact) mass is 483 g/mol. The maximum Gasteiger partial charge on any atom is 0.194 e. The van der Waals surface area contributed by atoms with Crippen LogP contribution in [0.2, 0.25) is 0 Å². The van der Waals surface area contributed by atoms with E-state index in [-0.39, 0.29) is 30.1 Å². The van der Waals surface area contributed by atoms with Gasteiger partial charge in [0.25, 0.3) is 0 Å². The number of benzene rings is 1. The molecule has 1 aliphatic rings. The summed E-state index contributed by atoms with van der Waals surface area (Å²) in [5.41, 5.74) is 3.71. The first-order valence-corrected chi connectivity index (χ1v) is 9.37. The van der Waals surface area contributed by atoms with Gasteiger partial charge in [-0.1, -0.05) is 24.3 Å². The molecule has 1 unspecified atom stereocenters. The van der Waals surface area contributed by atoms with Gasteiger partial charge in [0.05, 0.1) is 32.4 Å². The first-order chi connectivity index (χ1) is 12.7. The van der Waals surface area contributed by atoms with Crippen molar-refractivity contribution >= 4 is 29.9 Å². The van der Waals surface area contributed by atoms with Crippen LogP contribution in [0.4, 0.5) is 0 Å². The molecule has 2 aromatic rings. The highest BCUT2D eigenvalue weighted by Crippen LogP contribution is 2.24. The molecule has 1 aromatic heterocycles. The van der Waals surface area contributed by atoms with E-state index in [0.29, 0.717) is 13.2 Å². The number of ether oxygens (including phenoxy) is 1. The van der Waals surface area contributed by atoms with Crippen molar-refractivity contribution in [3.63, 3.8) is 0 Å². The average molecular weight is 483 g/mol. The zero-order chi connectivity index (χ0) is 18.4. The van der Waals surface area contributed by atoms with Gasteiger partial charge in [0.15, 0.2) is 5.96 Å². The zero-order valence-corrected chi connectivity index (χ0v) is 18.7. The second-order valence-corrected chi connectivity index (χ2v) is 6.68. The molecule has 1 aliphatic heterocycles. The number of aliphatic imine (C=N–C) groups is 1. The van der Waals surface area contributed by atoms with E-state index in [9.17, 15) is 0 Å². The second-order valence-electron chi connectivity index (χ2n) is 6.68. The number of nitrogens with one attached hydrogen (secondary N) is 1. The predicted octanol–water partition coefficient (Wildman–Crippen LogP) is 3.16. The normalized spacial score (nSPS) is 17.5. The van der Waals surface area contributed by atoms with Crippen LogP contribution in [-0.2, 0) is 11.3 Å². The van der Waals surface area contributed by atoms with Gasteiger partial charge in [0.2, 0.25) is 0 Å². The van der Waals surface area contributed by atoms with E-state index in [1.165, 1.54) is 16.7 Å². The Bertz CT molecular complexity index is 745. The molecule has 0 spiro atoms. The maximum atomic E-state index is 6.04. The molecular formula is C20H30IN5O.